The molecule has 1 heterocycles. The van der Waals surface area contributed by atoms with Gasteiger partial charge in [0.15, 0.2) is 0 Å². The Morgan fingerprint density at radius 2 is 2.04 bits per heavy atom. The smallest absolute Gasteiger partial charge is 0.291 e. The zero-order valence-corrected chi connectivity index (χ0v) is 14.7. The summed E-state index contributed by atoms with van der Waals surface area (Å²) < 4.78 is 26.9. The first-order chi connectivity index (χ1) is 10.8. The van der Waals surface area contributed by atoms with Gasteiger partial charge in [-0.2, -0.15) is 8.42 Å². The molecule has 7 nitrogen and oxygen atoms in total. The molecule has 0 aliphatic carbocycles. The molecule has 23 heavy (non-hydrogen) atoms. The van der Waals surface area contributed by atoms with Crippen LogP contribution in [-0.4, -0.2) is 24.5 Å². The Bertz CT molecular complexity index is 800. The van der Waals surface area contributed by atoms with Gasteiger partial charge in [0.05, 0.1) is 0 Å². The summed E-state index contributed by atoms with van der Waals surface area (Å²) in [7, 11) is -3.83. The summed E-state index contributed by atoms with van der Waals surface area (Å²) in [6.45, 7) is 5.51. The van der Waals surface area contributed by atoms with Crippen molar-refractivity contribution in [3.05, 3.63) is 29.8 Å². The Morgan fingerprint density at radius 1 is 1.30 bits per heavy atom. The molecular formula is C14H18N4O3S2. The lowest BCUT2D eigenvalue weighted by Crippen LogP contribution is -2.13. The van der Waals surface area contributed by atoms with Gasteiger partial charge >= 0.3 is 0 Å². The summed E-state index contributed by atoms with van der Waals surface area (Å²) in [5.74, 6) is 0.143. The van der Waals surface area contributed by atoms with Crippen molar-refractivity contribution in [2.45, 2.75) is 31.5 Å². The molecule has 1 aromatic heterocycles. The molecule has 0 atom stereocenters. The van der Waals surface area contributed by atoms with Crippen LogP contribution in [0, 0.1) is 5.92 Å². The van der Waals surface area contributed by atoms with Gasteiger partial charge in [-0.15, -0.1) is 10.2 Å². The van der Waals surface area contributed by atoms with Crippen LogP contribution in [0.1, 0.15) is 26.3 Å². The first kappa shape index (κ1) is 17.4. The number of hydrogen-bond acceptors (Lipinski definition) is 6. The number of hydrogen-bond donors (Lipinski definition) is 2. The summed E-state index contributed by atoms with van der Waals surface area (Å²) in [5.41, 5.74) is 1.52. The van der Waals surface area contributed by atoms with Gasteiger partial charge in [0.1, 0.15) is 0 Å². The van der Waals surface area contributed by atoms with Crippen LogP contribution >= 0.6 is 11.3 Å². The van der Waals surface area contributed by atoms with Crippen molar-refractivity contribution < 1.29 is 13.2 Å². The molecule has 0 saturated carbocycles. The molecule has 0 radical (unpaired) electrons. The SMILES string of the molecule is CC(=O)Nc1nnc(S(=O)(=O)Nc2cccc(CC(C)C)c2)s1. The maximum absolute atomic E-state index is 12.3. The molecule has 0 fully saturated rings. The van der Waals surface area contributed by atoms with Crippen molar-refractivity contribution in [2.24, 2.45) is 5.92 Å². The average Bonchev–Trinajstić information content (AvgIpc) is 2.86. The third-order valence-corrected chi connectivity index (χ3v) is 5.33. The predicted molar refractivity (Wildman–Crippen MR) is 90.0 cm³/mol. The third kappa shape index (κ3) is 5.00. The number of nitrogens with zero attached hydrogens (tertiary/aromatic N) is 2. The Labute approximate surface area is 139 Å². The minimum absolute atomic E-state index is 0.145. The Balaban J connectivity index is 2.17. The van der Waals surface area contributed by atoms with Crippen LogP contribution in [0.15, 0.2) is 28.6 Å². The van der Waals surface area contributed by atoms with Crippen LogP contribution in [-0.2, 0) is 21.2 Å². The maximum Gasteiger partial charge on any atom is 0.291 e. The molecule has 0 aliphatic heterocycles. The maximum atomic E-state index is 12.3. The van der Waals surface area contributed by atoms with Crippen molar-refractivity contribution >= 4 is 38.1 Å². The highest BCUT2D eigenvalue weighted by Crippen LogP contribution is 2.23. The number of nitrogens with one attached hydrogen (secondary N) is 2. The summed E-state index contributed by atoms with van der Waals surface area (Å²) >= 11 is 0.798. The topological polar surface area (TPSA) is 101 Å². The lowest BCUT2D eigenvalue weighted by molar-refractivity contribution is -0.114. The van der Waals surface area contributed by atoms with Gasteiger partial charge in [0, 0.05) is 12.6 Å². The van der Waals surface area contributed by atoms with Crippen molar-refractivity contribution in [1.29, 1.82) is 0 Å². The quantitative estimate of drug-likeness (QED) is 0.776. The van der Waals surface area contributed by atoms with Crippen LogP contribution < -0.4 is 10.0 Å². The van der Waals surface area contributed by atoms with Gasteiger partial charge in [-0.05, 0) is 30.0 Å². The van der Waals surface area contributed by atoms with Gasteiger partial charge in [-0.1, -0.05) is 37.3 Å². The standard InChI is InChI=1S/C14H18N4O3S2/c1-9(2)7-11-5-4-6-12(8-11)18-23(20,21)14-17-16-13(22-14)15-10(3)19/h4-6,8-9,18H,7H2,1-3H3,(H,15,16,19). The first-order valence-electron chi connectivity index (χ1n) is 6.99. The van der Waals surface area contributed by atoms with E-state index < -0.39 is 10.0 Å². The van der Waals surface area contributed by atoms with Crippen molar-refractivity contribution in [1.82, 2.24) is 10.2 Å². The van der Waals surface area contributed by atoms with E-state index in [1.807, 2.05) is 6.07 Å². The molecule has 1 amide bonds. The van der Waals surface area contributed by atoms with E-state index in [2.05, 4.69) is 34.1 Å². The Morgan fingerprint density at radius 3 is 2.70 bits per heavy atom. The van der Waals surface area contributed by atoms with Crippen LogP contribution in [0.25, 0.3) is 0 Å². The van der Waals surface area contributed by atoms with Crippen molar-refractivity contribution in [3.63, 3.8) is 0 Å². The van der Waals surface area contributed by atoms with E-state index in [9.17, 15) is 13.2 Å². The Kier molecular flexibility index (Phi) is 5.32. The zero-order chi connectivity index (χ0) is 17.0. The molecule has 0 bridgehead atoms. The fourth-order valence-electron chi connectivity index (χ4n) is 1.95. The molecule has 2 aromatic rings. The van der Waals surface area contributed by atoms with Crippen molar-refractivity contribution in [3.8, 4) is 0 Å². The number of benzene rings is 1. The normalized spacial score (nSPS) is 11.5. The van der Waals surface area contributed by atoms with E-state index in [4.69, 9.17) is 0 Å². The number of sulfonamides is 1. The number of rotatable bonds is 6. The average molecular weight is 354 g/mol. The fraction of sp³-hybridized carbons (Fsp3) is 0.357. The second-order valence-corrected chi connectivity index (χ2v) is 8.29. The molecule has 124 valence electrons. The van der Waals surface area contributed by atoms with Gasteiger partial charge in [0.2, 0.25) is 11.0 Å². The molecule has 0 spiro atoms. The van der Waals surface area contributed by atoms with Crippen LogP contribution in [0.3, 0.4) is 0 Å². The predicted octanol–water partition coefficient (Wildman–Crippen LogP) is 2.50. The molecule has 9 heteroatoms. The molecular weight excluding hydrogens is 336 g/mol. The molecule has 0 saturated heterocycles. The fourth-order valence-corrected chi connectivity index (χ4v) is 3.95. The summed E-state index contributed by atoms with van der Waals surface area (Å²) in [6, 6.07) is 7.24. The van der Waals surface area contributed by atoms with Gasteiger partial charge in [0.25, 0.3) is 14.4 Å². The van der Waals surface area contributed by atoms with Crippen LogP contribution in [0.5, 0.6) is 0 Å². The zero-order valence-electron chi connectivity index (χ0n) is 13.0. The number of carbonyl (C=O) groups is 1. The lowest BCUT2D eigenvalue weighted by atomic mass is 10.0. The number of aromatic nitrogens is 2. The van der Waals surface area contributed by atoms with Crippen LogP contribution in [0.2, 0.25) is 0 Å². The minimum atomic E-state index is -3.83. The van der Waals surface area contributed by atoms with Crippen molar-refractivity contribution in [2.75, 3.05) is 10.0 Å². The van der Waals surface area contributed by atoms with Gasteiger partial charge in [-0.3, -0.25) is 9.52 Å². The van der Waals surface area contributed by atoms with Crippen LogP contribution in [0.4, 0.5) is 10.8 Å². The van der Waals surface area contributed by atoms with E-state index in [-0.39, 0.29) is 15.4 Å². The first-order valence-corrected chi connectivity index (χ1v) is 9.29. The number of amides is 1. The van der Waals surface area contributed by atoms with E-state index in [1.54, 1.807) is 18.2 Å². The molecule has 1 aromatic carbocycles. The van der Waals surface area contributed by atoms with E-state index >= 15 is 0 Å². The molecule has 0 aliphatic rings. The lowest BCUT2D eigenvalue weighted by Gasteiger charge is -2.09. The monoisotopic (exact) mass is 354 g/mol. The van der Waals surface area contributed by atoms with E-state index in [0.717, 1.165) is 23.3 Å². The van der Waals surface area contributed by atoms with Gasteiger partial charge in [-0.25, -0.2) is 0 Å². The summed E-state index contributed by atoms with van der Waals surface area (Å²) in [6.07, 6.45) is 0.862. The second-order valence-electron chi connectivity index (χ2n) is 5.46. The van der Waals surface area contributed by atoms with E-state index in [1.165, 1.54) is 6.92 Å². The number of anilines is 2. The Hall–Kier alpha value is -2.00. The summed E-state index contributed by atoms with van der Waals surface area (Å²) in [4.78, 5) is 11.0. The van der Waals surface area contributed by atoms with E-state index in [0.29, 0.717) is 11.6 Å². The van der Waals surface area contributed by atoms with Gasteiger partial charge < -0.3 is 5.32 Å². The largest absolute Gasteiger partial charge is 0.301 e. The summed E-state index contributed by atoms with van der Waals surface area (Å²) in [5, 5.41) is 9.80. The third-order valence-electron chi connectivity index (χ3n) is 2.74. The highest BCUT2D eigenvalue weighted by molar-refractivity contribution is 7.94. The number of carbonyl (C=O) groups excluding carboxylic acids is 1. The highest BCUT2D eigenvalue weighted by atomic mass is 32.2. The second kappa shape index (κ2) is 7.05. The molecule has 0 unspecified atom stereocenters. The highest BCUT2D eigenvalue weighted by Gasteiger charge is 2.20. The minimum Gasteiger partial charge on any atom is -0.301 e. The molecule has 2 N–H and O–H groups in total. The molecule has 2 rings (SSSR count).